The third-order valence-electron chi connectivity index (χ3n) is 5.01. The molecule has 4 rings (SSSR count). The molecule has 0 amide bonds. The van der Waals surface area contributed by atoms with E-state index in [-0.39, 0.29) is 39.0 Å². The molecule has 6 nitrogen and oxygen atoms in total. The van der Waals surface area contributed by atoms with E-state index in [9.17, 15) is 18.0 Å². The van der Waals surface area contributed by atoms with Gasteiger partial charge in [0.2, 0.25) is 0 Å². The first-order valence-corrected chi connectivity index (χ1v) is 10.7. The van der Waals surface area contributed by atoms with Crippen LogP contribution in [0.5, 0.6) is 0 Å². The first kappa shape index (κ1) is 18.1. The summed E-state index contributed by atoms with van der Waals surface area (Å²) >= 11 is 6.40. The third-order valence-corrected chi connectivity index (χ3v) is 7.24. The zero-order chi connectivity index (χ0) is 19.3. The van der Waals surface area contributed by atoms with Crippen molar-refractivity contribution in [2.24, 2.45) is 0 Å². The number of hydrogen-bond donors (Lipinski definition) is 0. The van der Waals surface area contributed by atoms with Crippen molar-refractivity contribution in [3.8, 4) is 0 Å². The van der Waals surface area contributed by atoms with Crippen LogP contribution in [0.2, 0.25) is 5.02 Å². The van der Waals surface area contributed by atoms with Gasteiger partial charge in [-0.25, -0.2) is 13.1 Å². The lowest BCUT2D eigenvalue weighted by atomic mass is 9.88. The number of benzene rings is 1. The highest BCUT2D eigenvalue weighted by atomic mass is 35.5. The standard InChI is InChI=1S/C19H17ClN2O4S/c1-11-7-9-22(21-11)14-3-2-4-15(23)17(14)19(24)13-5-6-16-12(18(13)20)8-10-27(16,25)26/h5-7,9H,2-4,8,10H2,1H3. The second kappa shape index (κ2) is 6.42. The molecule has 1 aliphatic carbocycles. The van der Waals surface area contributed by atoms with Gasteiger partial charge < -0.3 is 0 Å². The molecule has 27 heavy (non-hydrogen) atoms. The molecule has 140 valence electrons. The van der Waals surface area contributed by atoms with Gasteiger partial charge in [0.05, 0.1) is 32.6 Å². The lowest BCUT2D eigenvalue weighted by Gasteiger charge is -2.19. The minimum Gasteiger partial charge on any atom is -0.294 e. The number of allylic oxidation sites excluding steroid dienone is 2. The quantitative estimate of drug-likeness (QED) is 0.579. The van der Waals surface area contributed by atoms with Crippen molar-refractivity contribution in [1.82, 2.24) is 9.78 Å². The minimum absolute atomic E-state index is 0.0147. The third kappa shape index (κ3) is 2.95. The molecule has 1 aromatic carbocycles. The molecule has 1 aromatic heterocycles. The number of carbonyl (C=O) groups excluding carboxylic acids is 2. The van der Waals surface area contributed by atoms with Gasteiger partial charge in [-0.1, -0.05) is 11.6 Å². The maximum Gasteiger partial charge on any atom is 0.199 e. The minimum atomic E-state index is -3.35. The Morgan fingerprint density at radius 3 is 2.67 bits per heavy atom. The molecule has 0 unspecified atom stereocenters. The maximum absolute atomic E-state index is 13.2. The predicted octanol–water partition coefficient (Wildman–Crippen LogP) is 3.02. The van der Waals surface area contributed by atoms with E-state index in [0.717, 1.165) is 5.69 Å². The number of rotatable bonds is 3. The van der Waals surface area contributed by atoms with Gasteiger partial charge in [-0.2, -0.15) is 5.10 Å². The monoisotopic (exact) mass is 404 g/mol. The summed E-state index contributed by atoms with van der Waals surface area (Å²) in [5.41, 5.74) is 2.07. The number of fused-ring (bicyclic) bond motifs is 1. The summed E-state index contributed by atoms with van der Waals surface area (Å²) in [7, 11) is -3.35. The Morgan fingerprint density at radius 2 is 1.96 bits per heavy atom. The van der Waals surface area contributed by atoms with E-state index >= 15 is 0 Å². The number of aromatic nitrogens is 2. The van der Waals surface area contributed by atoms with Crippen LogP contribution in [0.1, 0.15) is 40.9 Å². The Morgan fingerprint density at radius 1 is 1.19 bits per heavy atom. The highest BCUT2D eigenvalue weighted by molar-refractivity contribution is 7.91. The maximum atomic E-state index is 13.2. The number of hydrogen-bond acceptors (Lipinski definition) is 5. The normalized spacial score (nSPS) is 18.7. The van der Waals surface area contributed by atoms with E-state index in [2.05, 4.69) is 5.10 Å². The molecule has 0 N–H and O–H groups in total. The van der Waals surface area contributed by atoms with Gasteiger partial charge in [0.25, 0.3) is 0 Å². The van der Waals surface area contributed by atoms with E-state index in [1.54, 1.807) is 16.9 Å². The van der Waals surface area contributed by atoms with Gasteiger partial charge in [0.1, 0.15) is 0 Å². The first-order valence-electron chi connectivity index (χ1n) is 8.67. The number of nitrogens with zero attached hydrogens (tertiary/aromatic N) is 2. The largest absolute Gasteiger partial charge is 0.294 e. The molecule has 0 saturated carbocycles. The average molecular weight is 405 g/mol. The van der Waals surface area contributed by atoms with Crippen LogP contribution in [0.25, 0.3) is 5.70 Å². The van der Waals surface area contributed by atoms with Crippen molar-refractivity contribution >= 4 is 38.7 Å². The van der Waals surface area contributed by atoms with E-state index in [1.165, 1.54) is 12.1 Å². The van der Waals surface area contributed by atoms with Gasteiger partial charge in [-0.05, 0) is 49.9 Å². The molecule has 0 atom stereocenters. The molecule has 0 bridgehead atoms. The lowest BCUT2D eigenvalue weighted by Crippen LogP contribution is -2.22. The molecular formula is C19H17ClN2O4S. The summed E-state index contributed by atoms with van der Waals surface area (Å²) in [5.74, 6) is -0.724. The second-order valence-electron chi connectivity index (χ2n) is 6.80. The van der Waals surface area contributed by atoms with Gasteiger partial charge in [-0.3, -0.25) is 9.59 Å². The summed E-state index contributed by atoms with van der Waals surface area (Å²) < 4.78 is 25.7. The van der Waals surface area contributed by atoms with E-state index in [1.807, 2.05) is 6.92 Å². The van der Waals surface area contributed by atoms with Gasteiger partial charge in [0, 0.05) is 18.2 Å². The summed E-state index contributed by atoms with van der Waals surface area (Å²) in [5, 5.41) is 4.46. The summed E-state index contributed by atoms with van der Waals surface area (Å²) in [6, 6.07) is 4.64. The van der Waals surface area contributed by atoms with Crippen LogP contribution in [0.3, 0.4) is 0 Å². The summed E-state index contributed by atoms with van der Waals surface area (Å²) in [6.45, 7) is 1.83. The zero-order valence-corrected chi connectivity index (χ0v) is 16.2. The summed E-state index contributed by atoms with van der Waals surface area (Å²) in [4.78, 5) is 26.0. The van der Waals surface area contributed by atoms with Gasteiger partial charge in [0.15, 0.2) is 21.4 Å². The molecule has 2 heterocycles. The van der Waals surface area contributed by atoms with Crippen molar-refractivity contribution in [1.29, 1.82) is 0 Å². The van der Waals surface area contributed by atoms with Crippen LogP contribution in [0, 0.1) is 6.92 Å². The van der Waals surface area contributed by atoms with Crippen LogP contribution in [-0.2, 0) is 21.1 Å². The van der Waals surface area contributed by atoms with E-state index in [4.69, 9.17) is 11.6 Å². The smallest absolute Gasteiger partial charge is 0.199 e. The number of sulfone groups is 1. The van der Waals surface area contributed by atoms with Gasteiger partial charge >= 0.3 is 0 Å². The Balaban J connectivity index is 1.86. The Labute approximate surface area is 161 Å². The van der Waals surface area contributed by atoms with Crippen LogP contribution in [0.4, 0.5) is 0 Å². The van der Waals surface area contributed by atoms with Crippen LogP contribution < -0.4 is 0 Å². The predicted molar refractivity (Wildman–Crippen MR) is 101 cm³/mol. The molecule has 2 aliphatic rings. The fourth-order valence-corrected chi connectivity index (χ4v) is 5.61. The Kier molecular flexibility index (Phi) is 4.31. The van der Waals surface area contributed by atoms with E-state index < -0.39 is 15.6 Å². The van der Waals surface area contributed by atoms with Crippen LogP contribution >= 0.6 is 11.6 Å². The number of carbonyl (C=O) groups is 2. The molecule has 0 saturated heterocycles. The average Bonchev–Trinajstić information content (AvgIpc) is 3.18. The fourth-order valence-electron chi connectivity index (χ4n) is 3.66. The number of aryl methyl sites for hydroxylation is 1. The molecular weight excluding hydrogens is 388 g/mol. The van der Waals surface area contributed by atoms with Crippen LogP contribution in [-0.4, -0.2) is 35.5 Å². The van der Waals surface area contributed by atoms with Crippen molar-refractivity contribution in [3.05, 3.63) is 51.8 Å². The van der Waals surface area contributed by atoms with Gasteiger partial charge in [-0.15, -0.1) is 0 Å². The highest BCUT2D eigenvalue weighted by Crippen LogP contribution is 2.36. The SMILES string of the molecule is Cc1ccn(C2=C(C(=O)c3ccc4c(c3Cl)CCS4(=O)=O)C(=O)CCC2)n1. The Bertz CT molecular complexity index is 1130. The van der Waals surface area contributed by atoms with Crippen molar-refractivity contribution in [2.75, 3.05) is 5.75 Å². The first-order chi connectivity index (χ1) is 12.8. The van der Waals surface area contributed by atoms with Crippen molar-refractivity contribution in [2.45, 2.75) is 37.5 Å². The molecule has 8 heteroatoms. The number of Topliss-reactive ketones (excluding diaryl/α,β-unsaturated/α-hetero) is 2. The van der Waals surface area contributed by atoms with Crippen molar-refractivity contribution < 1.29 is 18.0 Å². The Hall–Kier alpha value is -2.25. The lowest BCUT2D eigenvalue weighted by molar-refractivity contribution is -0.115. The fraction of sp³-hybridized carbons (Fsp3) is 0.316. The molecule has 2 aromatic rings. The number of ketones is 2. The van der Waals surface area contributed by atoms with Crippen LogP contribution in [0.15, 0.2) is 34.9 Å². The molecule has 1 aliphatic heterocycles. The topological polar surface area (TPSA) is 86.1 Å². The molecule has 0 fully saturated rings. The molecule has 0 spiro atoms. The summed E-state index contributed by atoms with van der Waals surface area (Å²) in [6.07, 6.45) is 3.51. The molecule has 0 radical (unpaired) electrons. The van der Waals surface area contributed by atoms with E-state index in [0.29, 0.717) is 30.5 Å². The number of halogens is 1. The highest BCUT2D eigenvalue weighted by Gasteiger charge is 2.34. The second-order valence-corrected chi connectivity index (χ2v) is 9.26. The van der Waals surface area contributed by atoms with Crippen molar-refractivity contribution in [3.63, 3.8) is 0 Å². The zero-order valence-electron chi connectivity index (χ0n) is 14.7.